The van der Waals surface area contributed by atoms with Crippen LogP contribution in [0.15, 0.2) is 28.8 Å². The van der Waals surface area contributed by atoms with Crippen LogP contribution in [0.2, 0.25) is 0 Å². The number of hydrogen-bond acceptors (Lipinski definition) is 6. The van der Waals surface area contributed by atoms with E-state index >= 15 is 0 Å². The largest absolute Gasteiger partial charge is 0.396 e. The number of aliphatic hydroxyl groups excluding tert-OH is 1. The van der Waals surface area contributed by atoms with Gasteiger partial charge >= 0.3 is 0 Å². The maximum atomic E-state index is 9.30. The Bertz CT molecular complexity index is 675. The molecule has 2 aromatic rings. The number of para-hydroxylation sites is 2. The van der Waals surface area contributed by atoms with E-state index in [4.69, 9.17) is 4.52 Å². The number of rotatable bonds is 6. The molecule has 6 heteroatoms. The van der Waals surface area contributed by atoms with Crippen molar-refractivity contribution < 1.29 is 9.63 Å². The molecule has 1 saturated heterocycles. The maximum Gasteiger partial charge on any atom is 0.229 e. The fourth-order valence-electron chi connectivity index (χ4n) is 3.26. The summed E-state index contributed by atoms with van der Waals surface area (Å²) in [6, 6.07) is 8.35. The molecule has 1 aliphatic carbocycles. The summed E-state index contributed by atoms with van der Waals surface area (Å²) in [4.78, 5) is 6.86. The Morgan fingerprint density at radius 2 is 1.96 bits per heavy atom. The minimum Gasteiger partial charge on any atom is -0.396 e. The molecule has 4 rings (SSSR count). The zero-order chi connectivity index (χ0) is 16.4. The molecule has 24 heavy (non-hydrogen) atoms. The summed E-state index contributed by atoms with van der Waals surface area (Å²) in [5.74, 6) is 2.43. The van der Waals surface area contributed by atoms with Gasteiger partial charge in [0.1, 0.15) is 0 Å². The first-order chi connectivity index (χ1) is 11.8. The van der Waals surface area contributed by atoms with Crippen molar-refractivity contribution in [1.82, 2.24) is 10.1 Å². The lowest BCUT2D eigenvalue weighted by atomic mass is 9.97. The Labute approximate surface area is 141 Å². The summed E-state index contributed by atoms with van der Waals surface area (Å²) in [5.41, 5.74) is 2.30. The minimum atomic E-state index is 0.300. The molecule has 2 aliphatic rings. The molecule has 0 radical (unpaired) electrons. The molecule has 2 heterocycles. The van der Waals surface area contributed by atoms with Crippen molar-refractivity contribution in [3.05, 3.63) is 36.0 Å². The Morgan fingerprint density at radius 3 is 2.71 bits per heavy atom. The van der Waals surface area contributed by atoms with E-state index in [1.807, 2.05) is 6.07 Å². The number of nitrogens with one attached hydrogen (secondary N) is 1. The van der Waals surface area contributed by atoms with Crippen LogP contribution in [0, 0.1) is 5.92 Å². The van der Waals surface area contributed by atoms with Crippen LogP contribution < -0.4 is 10.2 Å². The highest BCUT2D eigenvalue weighted by atomic mass is 16.5. The van der Waals surface area contributed by atoms with Gasteiger partial charge in [0.05, 0.1) is 17.9 Å². The average Bonchev–Trinajstić information content (AvgIpc) is 3.39. The molecule has 128 valence electrons. The summed E-state index contributed by atoms with van der Waals surface area (Å²) >= 11 is 0. The van der Waals surface area contributed by atoms with Crippen LogP contribution in [0.4, 0.5) is 11.4 Å². The number of aromatic nitrogens is 2. The molecule has 0 amide bonds. The van der Waals surface area contributed by atoms with Gasteiger partial charge in [0.15, 0.2) is 5.82 Å². The van der Waals surface area contributed by atoms with E-state index in [0.29, 0.717) is 30.8 Å². The average molecular weight is 328 g/mol. The zero-order valence-electron chi connectivity index (χ0n) is 13.8. The lowest BCUT2D eigenvalue weighted by Crippen LogP contribution is -2.35. The van der Waals surface area contributed by atoms with Crippen molar-refractivity contribution in [2.24, 2.45) is 5.92 Å². The van der Waals surface area contributed by atoms with Gasteiger partial charge in [-0.2, -0.15) is 4.98 Å². The van der Waals surface area contributed by atoms with Gasteiger partial charge < -0.3 is 19.8 Å². The van der Waals surface area contributed by atoms with Gasteiger partial charge in [-0.25, -0.2) is 0 Å². The number of hydrogen-bond donors (Lipinski definition) is 2. The number of piperidine rings is 1. The van der Waals surface area contributed by atoms with Crippen LogP contribution in [-0.2, 0) is 6.54 Å². The highest BCUT2D eigenvalue weighted by Crippen LogP contribution is 2.38. The molecule has 1 aromatic carbocycles. The van der Waals surface area contributed by atoms with E-state index in [1.165, 1.54) is 18.5 Å². The van der Waals surface area contributed by atoms with Crippen molar-refractivity contribution in [3.63, 3.8) is 0 Å². The van der Waals surface area contributed by atoms with Crippen molar-refractivity contribution in [1.29, 1.82) is 0 Å². The summed E-state index contributed by atoms with van der Waals surface area (Å²) in [7, 11) is 0. The molecule has 1 aliphatic heterocycles. The smallest absolute Gasteiger partial charge is 0.229 e. The molecule has 2 N–H and O–H groups in total. The number of anilines is 2. The Morgan fingerprint density at radius 1 is 1.17 bits per heavy atom. The number of nitrogens with zero attached hydrogens (tertiary/aromatic N) is 3. The van der Waals surface area contributed by atoms with Crippen LogP contribution in [0.25, 0.3) is 0 Å². The molecular weight excluding hydrogens is 304 g/mol. The lowest BCUT2D eigenvalue weighted by molar-refractivity contribution is 0.203. The fraction of sp³-hybridized carbons (Fsp3) is 0.556. The number of benzene rings is 1. The first-order valence-electron chi connectivity index (χ1n) is 8.84. The van der Waals surface area contributed by atoms with E-state index in [1.54, 1.807) is 0 Å². The predicted molar refractivity (Wildman–Crippen MR) is 92.1 cm³/mol. The summed E-state index contributed by atoms with van der Waals surface area (Å²) < 4.78 is 5.31. The van der Waals surface area contributed by atoms with Gasteiger partial charge in [0.25, 0.3) is 0 Å². The van der Waals surface area contributed by atoms with E-state index in [9.17, 15) is 5.11 Å². The third kappa shape index (κ3) is 3.38. The third-order valence-electron chi connectivity index (χ3n) is 4.96. The van der Waals surface area contributed by atoms with E-state index in [2.05, 4.69) is 38.6 Å². The van der Waals surface area contributed by atoms with Crippen LogP contribution in [0.1, 0.15) is 43.3 Å². The Kier molecular flexibility index (Phi) is 4.38. The minimum absolute atomic E-state index is 0.300. The van der Waals surface area contributed by atoms with Crippen LogP contribution in [0.3, 0.4) is 0 Å². The van der Waals surface area contributed by atoms with E-state index < -0.39 is 0 Å². The van der Waals surface area contributed by atoms with E-state index in [-0.39, 0.29) is 0 Å². The lowest BCUT2D eigenvalue weighted by Gasteiger charge is -2.34. The van der Waals surface area contributed by atoms with Gasteiger partial charge in [-0.3, -0.25) is 0 Å². The van der Waals surface area contributed by atoms with Gasteiger partial charge in [-0.15, -0.1) is 0 Å². The molecule has 0 unspecified atom stereocenters. The monoisotopic (exact) mass is 328 g/mol. The predicted octanol–water partition coefficient (Wildman–Crippen LogP) is 2.77. The van der Waals surface area contributed by atoms with Crippen molar-refractivity contribution >= 4 is 11.4 Å². The maximum absolute atomic E-state index is 9.30. The standard InChI is InChI=1S/C18H24N4O2/c23-12-13-7-9-22(10-8-13)16-4-2-1-3-15(16)19-11-17-20-18(24-21-17)14-5-6-14/h1-4,13-14,19,23H,5-12H2. The van der Waals surface area contributed by atoms with Gasteiger partial charge in [-0.1, -0.05) is 17.3 Å². The van der Waals surface area contributed by atoms with Crippen LogP contribution in [0.5, 0.6) is 0 Å². The molecule has 0 atom stereocenters. The quantitative estimate of drug-likeness (QED) is 0.849. The molecule has 0 bridgehead atoms. The molecule has 6 nitrogen and oxygen atoms in total. The van der Waals surface area contributed by atoms with Crippen molar-refractivity contribution in [2.45, 2.75) is 38.1 Å². The first-order valence-corrected chi connectivity index (χ1v) is 8.84. The molecule has 1 saturated carbocycles. The van der Waals surface area contributed by atoms with Gasteiger partial charge in [-0.05, 0) is 43.7 Å². The first kappa shape index (κ1) is 15.4. The van der Waals surface area contributed by atoms with Gasteiger partial charge in [0, 0.05) is 25.6 Å². The molecule has 1 aromatic heterocycles. The van der Waals surface area contributed by atoms with Crippen LogP contribution in [-0.4, -0.2) is 34.9 Å². The fourth-order valence-corrected chi connectivity index (χ4v) is 3.26. The zero-order valence-corrected chi connectivity index (χ0v) is 13.8. The second-order valence-electron chi connectivity index (χ2n) is 6.81. The number of aliphatic hydroxyl groups is 1. The highest BCUT2D eigenvalue weighted by Gasteiger charge is 2.29. The van der Waals surface area contributed by atoms with Crippen LogP contribution >= 0.6 is 0 Å². The molecule has 0 spiro atoms. The highest BCUT2D eigenvalue weighted by molar-refractivity contribution is 5.70. The van der Waals surface area contributed by atoms with Crippen molar-refractivity contribution in [2.75, 3.05) is 29.9 Å². The van der Waals surface area contributed by atoms with Gasteiger partial charge in [0.2, 0.25) is 5.89 Å². The topological polar surface area (TPSA) is 74.4 Å². The molecule has 2 fully saturated rings. The SMILES string of the molecule is OCC1CCN(c2ccccc2NCc2noc(C3CC3)n2)CC1. The summed E-state index contributed by atoms with van der Waals surface area (Å²) in [6.07, 6.45) is 4.42. The normalized spacial score (nSPS) is 18.8. The Balaban J connectivity index is 1.41. The second-order valence-corrected chi connectivity index (χ2v) is 6.81. The molecular formula is C18H24N4O2. The summed E-state index contributed by atoms with van der Waals surface area (Å²) in [5, 5.41) is 16.8. The Hall–Kier alpha value is -2.08. The van der Waals surface area contributed by atoms with Crippen molar-refractivity contribution in [3.8, 4) is 0 Å². The summed E-state index contributed by atoms with van der Waals surface area (Å²) in [6.45, 7) is 2.84. The van der Waals surface area contributed by atoms with E-state index in [0.717, 1.165) is 37.5 Å². The third-order valence-corrected chi connectivity index (χ3v) is 4.96. The second kappa shape index (κ2) is 6.81.